The maximum atomic E-state index is 11.2. The SMILES string of the molecule is Cc1cccc(N2C(=S)NC3c4cc([N+](=O)[O-])ccc4OC2(C)C3C)c1C. The van der Waals surface area contributed by atoms with Crippen molar-refractivity contribution in [2.24, 2.45) is 5.92 Å². The van der Waals surface area contributed by atoms with Gasteiger partial charge in [-0.05, 0) is 56.2 Å². The van der Waals surface area contributed by atoms with Gasteiger partial charge in [0, 0.05) is 23.6 Å². The molecule has 2 aromatic rings. The van der Waals surface area contributed by atoms with Crippen LogP contribution in [-0.2, 0) is 0 Å². The van der Waals surface area contributed by atoms with Gasteiger partial charge in [0.05, 0.1) is 16.7 Å². The molecular weight excluding hydrogens is 362 g/mol. The van der Waals surface area contributed by atoms with Crippen LogP contribution in [0.5, 0.6) is 5.75 Å². The first kappa shape index (κ1) is 17.7. The Bertz CT molecular complexity index is 977. The molecule has 6 nitrogen and oxygen atoms in total. The minimum atomic E-state index is -0.700. The van der Waals surface area contributed by atoms with E-state index in [9.17, 15) is 10.1 Å². The zero-order valence-electron chi connectivity index (χ0n) is 15.6. The number of hydrogen-bond acceptors (Lipinski definition) is 4. The normalized spacial score (nSPS) is 26.1. The molecule has 2 aliphatic heterocycles. The van der Waals surface area contributed by atoms with Crippen LogP contribution in [0.25, 0.3) is 0 Å². The third kappa shape index (κ3) is 2.49. The largest absolute Gasteiger partial charge is 0.467 e. The molecule has 0 aromatic heterocycles. The summed E-state index contributed by atoms with van der Waals surface area (Å²) < 4.78 is 6.45. The van der Waals surface area contributed by atoms with Crippen molar-refractivity contribution in [2.45, 2.75) is 39.5 Å². The molecule has 1 N–H and O–H groups in total. The van der Waals surface area contributed by atoms with Gasteiger partial charge in [0.2, 0.25) is 0 Å². The van der Waals surface area contributed by atoms with E-state index in [0.29, 0.717) is 10.9 Å². The molecule has 2 aromatic carbocycles. The molecule has 2 bridgehead atoms. The highest BCUT2D eigenvalue weighted by Crippen LogP contribution is 2.50. The van der Waals surface area contributed by atoms with E-state index in [1.807, 2.05) is 24.0 Å². The molecule has 1 saturated heterocycles. The van der Waals surface area contributed by atoms with Crippen molar-refractivity contribution in [3.05, 3.63) is 63.2 Å². The molecule has 3 atom stereocenters. The Morgan fingerprint density at radius 2 is 2.04 bits per heavy atom. The molecule has 1 fully saturated rings. The van der Waals surface area contributed by atoms with Crippen molar-refractivity contribution in [1.29, 1.82) is 0 Å². The lowest BCUT2D eigenvalue weighted by molar-refractivity contribution is -0.385. The number of rotatable bonds is 2. The number of fused-ring (bicyclic) bond motifs is 4. The summed E-state index contributed by atoms with van der Waals surface area (Å²) in [5.41, 5.74) is 3.46. The van der Waals surface area contributed by atoms with Crippen LogP contribution in [0.2, 0.25) is 0 Å². The number of nitro benzene ring substituents is 1. The van der Waals surface area contributed by atoms with Gasteiger partial charge in [0.15, 0.2) is 10.8 Å². The molecule has 3 unspecified atom stereocenters. The fourth-order valence-corrected chi connectivity index (χ4v) is 4.46. The predicted octanol–water partition coefficient (Wildman–Crippen LogP) is 4.39. The molecule has 4 rings (SSSR count). The zero-order valence-corrected chi connectivity index (χ0v) is 16.5. The van der Waals surface area contributed by atoms with Gasteiger partial charge in [-0.2, -0.15) is 0 Å². The van der Waals surface area contributed by atoms with Crippen LogP contribution in [0.1, 0.15) is 36.6 Å². The van der Waals surface area contributed by atoms with Gasteiger partial charge in [-0.3, -0.25) is 15.0 Å². The molecular formula is C20H21N3O3S. The number of ether oxygens (including phenoxy) is 1. The number of nitro groups is 1. The summed E-state index contributed by atoms with van der Waals surface area (Å²) in [6, 6.07) is 10.7. The van der Waals surface area contributed by atoms with Crippen LogP contribution < -0.4 is 15.0 Å². The van der Waals surface area contributed by atoms with E-state index in [-0.39, 0.29) is 22.6 Å². The molecule has 0 radical (unpaired) electrons. The van der Waals surface area contributed by atoms with Gasteiger partial charge in [0.25, 0.3) is 5.69 Å². The summed E-state index contributed by atoms with van der Waals surface area (Å²) in [5, 5.41) is 15.1. The average Bonchev–Trinajstić information content (AvgIpc) is 2.61. The Morgan fingerprint density at radius 3 is 2.74 bits per heavy atom. The predicted molar refractivity (Wildman–Crippen MR) is 108 cm³/mol. The van der Waals surface area contributed by atoms with Crippen LogP contribution in [0.15, 0.2) is 36.4 Å². The van der Waals surface area contributed by atoms with Crippen LogP contribution >= 0.6 is 12.2 Å². The summed E-state index contributed by atoms with van der Waals surface area (Å²) in [4.78, 5) is 12.8. The molecule has 0 saturated carbocycles. The highest BCUT2D eigenvalue weighted by Gasteiger charge is 2.54. The summed E-state index contributed by atoms with van der Waals surface area (Å²) in [7, 11) is 0. The Labute approximate surface area is 163 Å². The maximum Gasteiger partial charge on any atom is 0.270 e. The average molecular weight is 383 g/mol. The second kappa shape index (κ2) is 5.92. The number of anilines is 1. The van der Waals surface area contributed by atoms with E-state index in [4.69, 9.17) is 17.0 Å². The minimum absolute atomic E-state index is 0.0126. The van der Waals surface area contributed by atoms with Gasteiger partial charge >= 0.3 is 0 Å². The van der Waals surface area contributed by atoms with Crippen molar-refractivity contribution in [3.8, 4) is 5.75 Å². The Hall–Kier alpha value is -2.67. The minimum Gasteiger partial charge on any atom is -0.467 e. The summed E-state index contributed by atoms with van der Waals surface area (Å²) in [5.74, 6) is 0.662. The fourth-order valence-electron chi connectivity index (χ4n) is 4.06. The van der Waals surface area contributed by atoms with Gasteiger partial charge in [-0.15, -0.1) is 0 Å². The van der Waals surface area contributed by atoms with Crippen molar-refractivity contribution in [3.63, 3.8) is 0 Å². The third-order valence-corrected chi connectivity index (χ3v) is 6.24. The first-order valence-electron chi connectivity index (χ1n) is 8.88. The summed E-state index contributed by atoms with van der Waals surface area (Å²) in [6.45, 7) is 8.26. The van der Waals surface area contributed by atoms with Gasteiger partial charge in [-0.1, -0.05) is 19.1 Å². The van der Waals surface area contributed by atoms with Crippen LogP contribution in [0, 0.1) is 29.9 Å². The smallest absolute Gasteiger partial charge is 0.270 e. The second-order valence-electron chi connectivity index (χ2n) is 7.41. The van der Waals surface area contributed by atoms with Crippen LogP contribution in [0.3, 0.4) is 0 Å². The monoisotopic (exact) mass is 383 g/mol. The molecule has 2 heterocycles. The molecule has 27 heavy (non-hydrogen) atoms. The number of benzene rings is 2. The first-order chi connectivity index (χ1) is 12.7. The Balaban J connectivity index is 1.86. The fraction of sp³-hybridized carbons (Fsp3) is 0.350. The molecule has 2 aliphatic rings. The van der Waals surface area contributed by atoms with E-state index in [1.165, 1.54) is 11.6 Å². The Morgan fingerprint density at radius 1 is 1.30 bits per heavy atom. The zero-order chi connectivity index (χ0) is 19.5. The number of thiocarbonyl (C=S) groups is 1. The topological polar surface area (TPSA) is 67.6 Å². The number of nitrogens with zero attached hydrogens (tertiary/aromatic N) is 2. The number of nitrogens with one attached hydrogen (secondary N) is 1. The van der Waals surface area contributed by atoms with Crippen molar-refractivity contribution in [1.82, 2.24) is 5.32 Å². The highest BCUT2D eigenvalue weighted by atomic mass is 32.1. The lowest BCUT2D eigenvalue weighted by Crippen LogP contribution is -2.69. The van der Waals surface area contributed by atoms with Gasteiger partial charge in [-0.25, -0.2) is 0 Å². The number of non-ortho nitro benzene ring substituents is 1. The number of hydrogen-bond donors (Lipinski definition) is 1. The lowest BCUT2D eigenvalue weighted by atomic mass is 9.80. The molecule has 7 heteroatoms. The lowest BCUT2D eigenvalue weighted by Gasteiger charge is -2.56. The van der Waals surface area contributed by atoms with Crippen molar-refractivity contribution >= 4 is 28.7 Å². The van der Waals surface area contributed by atoms with Crippen molar-refractivity contribution < 1.29 is 9.66 Å². The molecule has 140 valence electrons. The van der Waals surface area contributed by atoms with Gasteiger partial charge < -0.3 is 10.1 Å². The van der Waals surface area contributed by atoms with Crippen LogP contribution in [0.4, 0.5) is 11.4 Å². The van der Waals surface area contributed by atoms with E-state index in [2.05, 4.69) is 32.2 Å². The molecule has 0 amide bonds. The van der Waals surface area contributed by atoms with Gasteiger partial charge in [0.1, 0.15) is 5.75 Å². The van der Waals surface area contributed by atoms with E-state index in [0.717, 1.165) is 16.8 Å². The standard InChI is InChI=1S/C20H21N3O3S/c1-11-6-5-7-16(12(11)2)22-19(27)21-18-13(3)20(22,4)26-17-9-8-14(23(24)25)10-15(17)18/h5-10,13,18H,1-4H3,(H,21,27). The third-order valence-electron chi connectivity index (χ3n) is 5.94. The molecule has 0 aliphatic carbocycles. The van der Waals surface area contributed by atoms with E-state index < -0.39 is 5.72 Å². The Kier molecular flexibility index (Phi) is 3.89. The van der Waals surface area contributed by atoms with E-state index in [1.54, 1.807) is 12.1 Å². The van der Waals surface area contributed by atoms with Crippen molar-refractivity contribution in [2.75, 3.05) is 4.90 Å². The quantitative estimate of drug-likeness (QED) is 0.471. The summed E-state index contributed by atoms with van der Waals surface area (Å²) in [6.07, 6.45) is 0. The molecule has 0 spiro atoms. The first-order valence-corrected chi connectivity index (χ1v) is 9.29. The van der Waals surface area contributed by atoms with Crippen LogP contribution in [-0.4, -0.2) is 15.8 Å². The highest BCUT2D eigenvalue weighted by molar-refractivity contribution is 7.80. The maximum absolute atomic E-state index is 11.2. The number of aryl methyl sites for hydroxylation is 1. The van der Waals surface area contributed by atoms with E-state index >= 15 is 0 Å². The summed E-state index contributed by atoms with van der Waals surface area (Å²) >= 11 is 5.71. The second-order valence-corrected chi connectivity index (χ2v) is 7.79.